The minimum absolute atomic E-state index is 0.133. The molecule has 8 nitrogen and oxygen atoms in total. The summed E-state index contributed by atoms with van der Waals surface area (Å²) in [5.41, 5.74) is 14.9. The number of hydrogen-bond donors (Lipinski definition) is 3. The lowest BCUT2D eigenvalue weighted by Gasteiger charge is -2.12. The number of nitrogens with zero attached hydrogens (tertiary/aromatic N) is 2. The van der Waals surface area contributed by atoms with E-state index in [4.69, 9.17) is 25.4 Å². The van der Waals surface area contributed by atoms with Crippen LogP contribution in [0.15, 0.2) is 47.0 Å². The molecule has 0 aliphatic carbocycles. The van der Waals surface area contributed by atoms with Crippen LogP contribution >= 0.6 is 0 Å². The molecule has 154 valence electrons. The number of phenols is 1. The Hall–Kier alpha value is -3.94. The predicted molar refractivity (Wildman–Crippen MR) is 114 cm³/mol. The van der Waals surface area contributed by atoms with Crippen LogP contribution in [0.2, 0.25) is 0 Å². The maximum Gasteiger partial charge on any atom is 0.221 e. The van der Waals surface area contributed by atoms with Gasteiger partial charge in [0.05, 0.1) is 14.2 Å². The number of fused-ring (bicyclic) bond motifs is 1. The number of phenolic OH excluding ortho intramolecular Hbond substituents is 1. The second-order valence-corrected chi connectivity index (χ2v) is 6.89. The van der Waals surface area contributed by atoms with Crippen molar-refractivity contribution < 1.29 is 19.0 Å². The molecule has 2 aromatic heterocycles. The molecule has 4 aromatic rings. The topological polar surface area (TPSA) is 130 Å². The minimum Gasteiger partial charge on any atom is -0.508 e. The molecule has 0 saturated heterocycles. The largest absolute Gasteiger partial charge is 0.508 e. The number of anilines is 2. The zero-order valence-electron chi connectivity index (χ0n) is 16.7. The van der Waals surface area contributed by atoms with Gasteiger partial charge in [-0.3, -0.25) is 0 Å². The van der Waals surface area contributed by atoms with Crippen molar-refractivity contribution in [3.05, 3.63) is 65.0 Å². The quantitative estimate of drug-likeness (QED) is 0.445. The van der Waals surface area contributed by atoms with Gasteiger partial charge in [-0.15, -0.1) is 0 Å². The Bertz CT molecular complexity index is 1200. The molecule has 30 heavy (non-hydrogen) atoms. The highest BCUT2D eigenvalue weighted by Crippen LogP contribution is 2.41. The van der Waals surface area contributed by atoms with Gasteiger partial charge in [-0.05, 0) is 35.4 Å². The summed E-state index contributed by atoms with van der Waals surface area (Å²) < 4.78 is 17.2. The van der Waals surface area contributed by atoms with E-state index in [1.165, 1.54) is 0 Å². The van der Waals surface area contributed by atoms with Gasteiger partial charge in [-0.25, -0.2) is 4.98 Å². The van der Waals surface area contributed by atoms with Crippen molar-refractivity contribution in [3.8, 4) is 17.2 Å². The molecule has 0 spiro atoms. The molecule has 2 heterocycles. The lowest BCUT2D eigenvalue weighted by molar-refractivity contribution is 0.352. The van der Waals surface area contributed by atoms with Gasteiger partial charge in [0.25, 0.3) is 0 Å². The second kappa shape index (κ2) is 7.82. The Kier molecular flexibility index (Phi) is 5.05. The Morgan fingerprint density at radius 3 is 2.43 bits per heavy atom. The fourth-order valence-corrected chi connectivity index (χ4v) is 3.43. The monoisotopic (exact) mass is 406 g/mol. The second-order valence-electron chi connectivity index (χ2n) is 6.89. The molecule has 0 unspecified atom stereocenters. The van der Waals surface area contributed by atoms with E-state index in [1.807, 2.05) is 24.3 Å². The van der Waals surface area contributed by atoms with Crippen molar-refractivity contribution >= 4 is 22.7 Å². The van der Waals surface area contributed by atoms with Crippen LogP contribution in [-0.2, 0) is 12.8 Å². The maximum absolute atomic E-state index is 9.50. The third-order valence-electron chi connectivity index (χ3n) is 4.90. The Morgan fingerprint density at radius 2 is 1.77 bits per heavy atom. The smallest absolute Gasteiger partial charge is 0.221 e. The summed E-state index contributed by atoms with van der Waals surface area (Å²) >= 11 is 0. The number of furan rings is 1. The summed E-state index contributed by atoms with van der Waals surface area (Å²) in [7, 11) is 3.15. The molecule has 0 fully saturated rings. The number of hydrogen-bond acceptors (Lipinski definition) is 8. The number of ether oxygens (including phenoxy) is 2. The lowest BCUT2D eigenvalue weighted by Crippen LogP contribution is -2.04. The number of methoxy groups -OCH3 is 2. The van der Waals surface area contributed by atoms with Crippen LogP contribution in [0.1, 0.15) is 22.5 Å². The van der Waals surface area contributed by atoms with Gasteiger partial charge >= 0.3 is 0 Å². The fraction of sp³-hybridized carbons (Fsp3) is 0.182. The number of aromatic nitrogens is 2. The first kappa shape index (κ1) is 19.4. The molecular formula is C22H22N4O4. The first-order chi connectivity index (χ1) is 14.5. The maximum atomic E-state index is 9.50. The third-order valence-corrected chi connectivity index (χ3v) is 4.90. The first-order valence-electron chi connectivity index (χ1n) is 9.29. The van der Waals surface area contributed by atoms with Crippen LogP contribution in [0.3, 0.4) is 0 Å². The van der Waals surface area contributed by atoms with Crippen LogP contribution in [0.25, 0.3) is 11.0 Å². The zero-order valence-corrected chi connectivity index (χ0v) is 16.7. The van der Waals surface area contributed by atoms with Gasteiger partial charge in [0.2, 0.25) is 11.7 Å². The Balaban J connectivity index is 1.80. The van der Waals surface area contributed by atoms with E-state index in [0.717, 1.165) is 27.8 Å². The van der Waals surface area contributed by atoms with E-state index in [-0.39, 0.29) is 11.7 Å². The minimum atomic E-state index is 0.133. The number of benzene rings is 2. The molecule has 2 aromatic carbocycles. The highest BCUT2D eigenvalue weighted by atomic mass is 16.5. The first-order valence-corrected chi connectivity index (χ1v) is 9.29. The van der Waals surface area contributed by atoms with Crippen molar-refractivity contribution in [2.24, 2.45) is 0 Å². The van der Waals surface area contributed by atoms with E-state index in [9.17, 15) is 5.11 Å². The molecular weight excluding hydrogens is 384 g/mol. The molecule has 0 atom stereocenters. The summed E-state index contributed by atoms with van der Waals surface area (Å²) in [5.74, 6) is 2.52. The molecule has 0 amide bonds. The van der Waals surface area contributed by atoms with Gasteiger partial charge in [-0.1, -0.05) is 12.1 Å². The molecule has 8 heteroatoms. The average Bonchev–Trinajstić information content (AvgIpc) is 3.15. The molecule has 0 aliphatic rings. The van der Waals surface area contributed by atoms with E-state index >= 15 is 0 Å². The standard InChI is InChI=1S/C22H22N4O4/c1-28-18-9-13(8-14-11-25-22(24)26-21(14)23)17-10-16(30-19(17)20(18)29-2)7-12-3-5-15(27)6-4-12/h3-6,9-11,27H,7-8H2,1-2H3,(H4,23,24,25,26). The van der Waals surface area contributed by atoms with Crippen LogP contribution < -0.4 is 20.9 Å². The lowest BCUT2D eigenvalue weighted by atomic mass is 10.0. The van der Waals surface area contributed by atoms with Crippen molar-refractivity contribution in [2.75, 3.05) is 25.7 Å². The summed E-state index contributed by atoms with van der Waals surface area (Å²) in [4.78, 5) is 8.09. The third kappa shape index (κ3) is 3.67. The molecule has 0 bridgehead atoms. The van der Waals surface area contributed by atoms with E-state index in [2.05, 4.69) is 9.97 Å². The Labute approximate surface area is 173 Å². The highest BCUT2D eigenvalue weighted by Gasteiger charge is 2.20. The molecule has 5 N–H and O–H groups in total. The van der Waals surface area contributed by atoms with Crippen molar-refractivity contribution in [1.82, 2.24) is 9.97 Å². The van der Waals surface area contributed by atoms with Crippen molar-refractivity contribution in [1.29, 1.82) is 0 Å². The molecule has 0 aliphatic heterocycles. The summed E-state index contributed by atoms with van der Waals surface area (Å²) in [6.07, 6.45) is 2.66. The Morgan fingerprint density at radius 1 is 1.00 bits per heavy atom. The number of aromatic hydroxyl groups is 1. The number of nitrogen functional groups attached to an aromatic ring is 2. The fourth-order valence-electron chi connectivity index (χ4n) is 3.43. The van der Waals surface area contributed by atoms with Crippen LogP contribution in [0.4, 0.5) is 11.8 Å². The predicted octanol–water partition coefficient (Wildman–Crippen LogP) is 3.29. The highest BCUT2D eigenvalue weighted by molar-refractivity contribution is 5.90. The van der Waals surface area contributed by atoms with E-state index in [0.29, 0.717) is 35.7 Å². The molecule has 4 rings (SSSR count). The van der Waals surface area contributed by atoms with Gasteiger partial charge < -0.3 is 30.5 Å². The van der Waals surface area contributed by atoms with E-state index in [1.54, 1.807) is 32.5 Å². The summed E-state index contributed by atoms with van der Waals surface area (Å²) in [5, 5.41) is 10.4. The van der Waals surface area contributed by atoms with Crippen molar-refractivity contribution in [3.63, 3.8) is 0 Å². The number of rotatable bonds is 6. The van der Waals surface area contributed by atoms with Gasteiger partial charge in [0.15, 0.2) is 11.3 Å². The number of nitrogens with two attached hydrogens (primary N) is 2. The van der Waals surface area contributed by atoms with Gasteiger partial charge in [0, 0.05) is 30.0 Å². The van der Waals surface area contributed by atoms with Crippen LogP contribution in [0, 0.1) is 0 Å². The zero-order chi connectivity index (χ0) is 21.3. The molecule has 0 saturated carbocycles. The van der Waals surface area contributed by atoms with Crippen LogP contribution in [0.5, 0.6) is 17.2 Å². The van der Waals surface area contributed by atoms with Crippen LogP contribution in [-0.4, -0.2) is 29.3 Å². The summed E-state index contributed by atoms with van der Waals surface area (Å²) in [6.45, 7) is 0. The van der Waals surface area contributed by atoms with Crippen molar-refractivity contribution in [2.45, 2.75) is 12.8 Å². The van der Waals surface area contributed by atoms with Gasteiger partial charge in [-0.2, -0.15) is 4.98 Å². The molecule has 0 radical (unpaired) electrons. The summed E-state index contributed by atoms with van der Waals surface area (Å²) in [6, 6.07) is 10.9. The van der Waals surface area contributed by atoms with E-state index < -0.39 is 0 Å². The van der Waals surface area contributed by atoms with Gasteiger partial charge in [0.1, 0.15) is 17.3 Å². The SMILES string of the molecule is COc1cc(Cc2cnc(N)nc2N)c2cc(Cc3ccc(O)cc3)oc2c1OC. The average molecular weight is 406 g/mol. The normalized spacial score (nSPS) is 11.0.